The molecule has 0 fully saturated rings. The van der Waals surface area contributed by atoms with E-state index in [1.807, 2.05) is 0 Å². The van der Waals surface area contributed by atoms with E-state index in [0.29, 0.717) is 19.1 Å². The number of carbonyl (C=O) groups excluding carboxylic acids is 1. The van der Waals surface area contributed by atoms with Crippen LogP contribution < -0.4 is 15.4 Å². The molecule has 0 unspecified atom stereocenters. The van der Waals surface area contributed by atoms with Gasteiger partial charge < -0.3 is 15.4 Å². The molecule has 0 aromatic carbocycles. The van der Waals surface area contributed by atoms with Crippen LogP contribution in [0.1, 0.15) is 6.42 Å². The molecule has 1 rings (SSSR count). The Morgan fingerprint density at radius 3 is 2.52 bits per heavy atom. The average Bonchev–Trinajstić information content (AvgIpc) is 2.47. The lowest BCUT2D eigenvalue weighted by Crippen LogP contribution is -2.32. The van der Waals surface area contributed by atoms with Crippen molar-refractivity contribution in [3.05, 3.63) is 12.4 Å². The molecule has 21 heavy (non-hydrogen) atoms. The van der Waals surface area contributed by atoms with Crippen LogP contribution in [0.5, 0.6) is 0 Å². The number of rotatable bonds is 9. The highest BCUT2D eigenvalue weighted by atomic mass is 32.2. The van der Waals surface area contributed by atoms with Gasteiger partial charge in [-0.15, -0.1) is 0 Å². The van der Waals surface area contributed by atoms with Crippen LogP contribution in [0.2, 0.25) is 0 Å². The summed E-state index contributed by atoms with van der Waals surface area (Å²) in [4.78, 5) is 19.0. The number of ether oxygens (including phenoxy) is 1. The standard InChI is InChI=1S/C11H19N5O4S/c1-12-11-14-7-9(8-15-11)21(18,19)16-4-3-10(17)13-5-6-20-2/h7-8,16H,3-6H2,1-2H3,(H,13,17)(H,12,14,15). The molecule has 0 radical (unpaired) electrons. The zero-order valence-corrected chi connectivity index (χ0v) is 12.7. The molecule has 3 N–H and O–H groups in total. The summed E-state index contributed by atoms with van der Waals surface area (Å²) in [6.45, 7) is 0.795. The second kappa shape index (κ2) is 8.49. The van der Waals surface area contributed by atoms with Crippen LogP contribution in [0.3, 0.4) is 0 Å². The first kappa shape index (κ1) is 17.3. The fourth-order valence-electron chi connectivity index (χ4n) is 1.35. The van der Waals surface area contributed by atoms with Crippen LogP contribution in [-0.4, -0.2) is 58.1 Å². The Kier molecular flexibility index (Phi) is 6.99. The van der Waals surface area contributed by atoms with Gasteiger partial charge >= 0.3 is 0 Å². The first-order valence-corrected chi connectivity index (χ1v) is 7.73. The zero-order chi connectivity index (χ0) is 15.7. The van der Waals surface area contributed by atoms with Gasteiger partial charge in [-0.2, -0.15) is 0 Å². The predicted molar refractivity (Wildman–Crippen MR) is 76.3 cm³/mol. The van der Waals surface area contributed by atoms with Gasteiger partial charge in [-0.25, -0.2) is 23.1 Å². The second-order valence-corrected chi connectivity index (χ2v) is 5.75. The monoisotopic (exact) mass is 317 g/mol. The van der Waals surface area contributed by atoms with Crippen LogP contribution in [-0.2, 0) is 19.6 Å². The maximum Gasteiger partial charge on any atom is 0.243 e. The van der Waals surface area contributed by atoms with Crippen LogP contribution in [0.25, 0.3) is 0 Å². The van der Waals surface area contributed by atoms with E-state index in [1.165, 1.54) is 19.5 Å². The number of hydrogen-bond acceptors (Lipinski definition) is 7. The Morgan fingerprint density at radius 1 is 1.29 bits per heavy atom. The highest BCUT2D eigenvalue weighted by Crippen LogP contribution is 2.06. The molecule has 0 aliphatic carbocycles. The fourth-order valence-corrected chi connectivity index (χ4v) is 2.27. The molecule has 1 amide bonds. The summed E-state index contributed by atoms with van der Waals surface area (Å²) < 4.78 is 30.9. The third-order valence-corrected chi connectivity index (χ3v) is 3.85. The Labute approximate surface area is 123 Å². The van der Waals surface area contributed by atoms with E-state index >= 15 is 0 Å². The molecular formula is C11H19N5O4S. The van der Waals surface area contributed by atoms with Gasteiger partial charge in [0.25, 0.3) is 0 Å². The molecule has 0 saturated heterocycles. The summed E-state index contributed by atoms with van der Waals surface area (Å²) in [7, 11) is -0.555. The molecule has 10 heteroatoms. The zero-order valence-electron chi connectivity index (χ0n) is 11.9. The van der Waals surface area contributed by atoms with E-state index in [9.17, 15) is 13.2 Å². The molecule has 0 bridgehead atoms. The molecule has 9 nitrogen and oxygen atoms in total. The van der Waals surface area contributed by atoms with Crippen LogP contribution in [0.4, 0.5) is 5.95 Å². The quantitative estimate of drug-likeness (QED) is 0.497. The first-order chi connectivity index (χ1) is 9.99. The van der Waals surface area contributed by atoms with Crippen molar-refractivity contribution in [3.8, 4) is 0 Å². The summed E-state index contributed by atoms with van der Waals surface area (Å²) >= 11 is 0. The highest BCUT2D eigenvalue weighted by Gasteiger charge is 2.15. The van der Waals surface area contributed by atoms with E-state index in [4.69, 9.17) is 4.74 Å². The van der Waals surface area contributed by atoms with Crippen molar-refractivity contribution in [2.24, 2.45) is 0 Å². The predicted octanol–water partition coefficient (Wildman–Crippen LogP) is -1.05. The summed E-state index contributed by atoms with van der Waals surface area (Å²) in [5, 5.41) is 5.28. The smallest absolute Gasteiger partial charge is 0.243 e. The number of sulfonamides is 1. The molecule has 0 spiro atoms. The van der Waals surface area contributed by atoms with Crippen molar-refractivity contribution >= 4 is 21.9 Å². The summed E-state index contributed by atoms with van der Waals surface area (Å²) in [6.07, 6.45) is 2.43. The molecule has 0 aliphatic rings. The minimum atomic E-state index is -3.71. The van der Waals surface area contributed by atoms with Crippen LogP contribution in [0.15, 0.2) is 17.3 Å². The lowest BCUT2D eigenvalue weighted by molar-refractivity contribution is -0.121. The fraction of sp³-hybridized carbons (Fsp3) is 0.545. The molecule has 0 aliphatic heterocycles. The van der Waals surface area contributed by atoms with Crippen molar-refractivity contribution in [2.75, 3.05) is 39.2 Å². The second-order valence-electron chi connectivity index (χ2n) is 3.98. The van der Waals surface area contributed by atoms with Crippen molar-refractivity contribution in [3.63, 3.8) is 0 Å². The molecule has 118 valence electrons. The Hall–Kier alpha value is -1.78. The number of nitrogens with zero attached hydrogens (tertiary/aromatic N) is 2. The van der Waals surface area contributed by atoms with Gasteiger partial charge in [-0.3, -0.25) is 4.79 Å². The number of carbonyl (C=O) groups is 1. The van der Waals surface area contributed by atoms with E-state index in [0.717, 1.165) is 0 Å². The maximum atomic E-state index is 11.9. The van der Waals surface area contributed by atoms with Gasteiger partial charge in [0.2, 0.25) is 21.9 Å². The van der Waals surface area contributed by atoms with Crippen LogP contribution in [0, 0.1) is 0 Å². The van der Waals surface area contributed by atoms with E-state index in [1.54, 1.807) is 7.05 Å². The number of aromatic nitrogens is 2. The van der Waals surface area contributed by atoms with Gasteiger partial charge in [-0.1, -0.05) is 0 Å². The van der Waals surface area contributed by atoms with Crippen molar-refractivity contribution in [1.29, 1.82) is 0 Å². The first-order valence-electron chi connectivity index (χ1n) is 6.24. The van der Waals surface area contributed by atoms with E-state index in [-0.39, 0.29) is 23.8 Å². The van der Waals surface area contributed by atoms with Crippen molar-refractivity contribution < 1.29 is 17.9 Å². The number of hydrogen-bond donors (Lipinski definition) is 3. The van der Waals surface area contributed by atoms with Gasteiger partial charge in [0, 0.05) is 33.7 Å². The Bertz CT molecular complexity index is 546. The van der Waals surface area contributed by atoms with Crippen molar-refractivity contribution in [2.45, 2.75) is 11.3 Å². The van der Waals surface area contributed by atoms with Crippen LogP contribution >= 0.6 is 0 Å². The minimum Gasteiger partial charge on any atom is -0.383 e. The van der Waals surface area contributed by atoms with E-state index < -0.39 is 10.0 Å². The maximum absolute atomic E-state index is 11.9. The SMILES string of the molecule is CNc1ncc(S(=O)(=O)NCCC(=O)NCCOC)cn1. The highest BCUT2D eigenvalue weighted by molar-refractivity contribution is 7.89. The topological polar surface area (TPSA) is 122 Å². The normalized spacial score (nSPS) is 11.1. The third kappa shape index (κ3) is 6.02. The Balaban J connectivity index is 2.43. The number of amides is 1. The molecular weight excluding hydrogens is 298 g/mol. The van der Waals surface area contributed by atoms with Gasteiger partial charge in [0.1, 0.15) is 4.90 Å². The molecule has 1 aromatic rings. The number of methoxy groups -OCH3 is 1. The molecule has 1 heterocycles. The number of anilines is 1. The summed E-state index contributed by atoms with van der Waals surface area (Å²) in [5.41, 5.74) is 0. The van der Waals surface area contributed by atoms with Gasteiger partial charge in [0.15, 0.2) is 0 Å². The van der Waals surface area contributed by atoms with Gasteiger partial charge in [0.05, 0.1) is 19.0 Å². The summed E-state index contributed by atoms with van der Waals surface area (Å²) in [5.74, 6) is 0.0722. The lowest BCUT2D eigenvalue weighted by Gasteiger charge is -2.07. The molecule has 0 atom stereocenters. The minimum absolute atomic E-state index is 0.00503. The lowest BCUT2D eigenvalue weighted by atomic mass is 10.4. The molecule has 1 aromatic heterocycles. The third-order valence-electron chi connectivity index (χ3n) is 2.43. The summed E-state index contributed by atoms with van der Waals surface area (Å²) in [6, 6.07) is 0. The van der Waals surface area contributed by atoms with E-state index in [2.05, 4.69) is 25.3 Å². The number of nitrogens with one attached hydrogen (secondary N) is 3. The van der Waals surface area contributed by atoms with Crippen molar-refractivity contribution in [1.82, 2.24) is 20.0 Å². The Morgan fingerprint density at radius 2 is 1.95 bits per heavy atom. The largest absolute Gasteiger partial charge is 0.383 e. The van der Waals surface area contributed by atoms with Gasteiger partial charge in [-0.05, 0) is 0 Å². The average molecular weight is 317 g/mol. The molecule has 0 saturated carbocycles.